The minimum Gasteiger partial charge on any atom is -0.298 e. The Hall–Kier alpha value is -1.09. The van der Waals surface area contributed by atoms with Crippen LogP contribution < -0.4 is 0 Å². The van der Waals surface area contributed by atoms with Crippen LogP contribution >= 0.6 is 11.8 Å². The molecule has 0 bridgehead atoms. The number of carbonyl (C=O) groups excluding carboxylic acids is 1. The summed E-state index contributed by atoms with van der Waals surface area (Å²) in [6, 6.07) is 8.08. The fourth-order valence-corrected chi connectivity index (χ4v) is 3.69. The van der Waals surface area contributed by atoms with E-state index in [1.807, 2.05) is 24.3 Å². The van der Waals surface area contributed by atoms with Gasteiger partial charge in [-0.25, -0.2) is 0 Å². The number of hydrogen-bond acceptors (Lipinski definition) is 3. The quantitative estimate of drug-likeness (QED) is 0.698. The summed E-state index contributed by atoms with van der Waals surface area (Å²) in [6.07, 6.45) is 1.61. The lowest BCUT2D eigenvalue weighted by molar-refractivity contribution is -0.120. The zero-order valence-electron chi connectivity index (χ0n) is 10.1. The predicted molar refractivity (Wildman–Crippen MR) is 71.2 cm³/mol. The van der Waals surface area contributed by atoms with Crippen LogP contribution in [0, 0.1) is 5.41 Å². The number of benzene rings is 1. The molecular formula is C14H15NOS. The molecule has 88 valence electrons. The minimum atomic E-state index is -0.0297. The Kier molecular flexibility index (Phi) is 2.40. The van der Waals surface area contributed by atoms with Crippen molar-refractivity contribution >= 4 is 28.9 Å². The molecule has 1 aromatic rings. The molecular weight excluding hydrogens is 230 g/mol. The van der Waals surface area contributed by atoms with Crippen LogP contribution in [0.3, 0.4) is 0 Å². The minimum absolute atomic E-state index is 0.0297. The number of para-hydroxylation sites is 1. The smallest absolute Gasteiger partial charge is 0.152 e. The molecule has 1 atom stereocenters. The number of ketones is 1. The van der Waals surface area contributed by atoms with Crippen LogP contribution in [0.5, 0.6) is 0 Å². The van der Waals surface area contributed by atoms with Crippen molar-refractivity contribution in [1.82, 2.24) is 0 Å². The molecule has 2 aliphatic rings. The van der Waals surface area contributed by atoms with Gasteiger partial charge in [0.25, 0.3) is 0 Å². The fraction of sp³-hybridized carbons (Fsp3) is 0.429. The first-order chi connectivity index (χ1) is 8.05. The second-order valence-corrected chi connectivity index (χ2v) is 6.70. The van der Waals surface area contributed by atoms with E-state index in [4.69, 9.17) is 0 Å². The average Bonchev–Trinajstić information content (AvgIpc) is 2.25. The molecule has 1 aliphatic carbocycles. The monoisotopic (exact) mass is 245 g/mol. The molecule has 0 spiro atoms. The van der Waals surface area contributed by atoms with Crippen molar-refractivity contribution in [2.24, 2.45) is 10.4 Å². The highest BCUT2D eigenvalue weighted by Crippen LogP contribution is 2.44. The molecule has 3 heteroatoms. The van der Waals surface area contributed by atoms with Gasteiger partial charge in [-0.3, -0.25) is 9.79 Å². The molecule has 1 aliphatic heterocycles. The molecule has 17 heavy (non-hydrogen) atoms. The summed E-state index contributed by atoms with van der Waals surface area (Å²) < 4.78 is 0. The Morgan fingerprint density at radius 2 is 2.06 bits per heavy atom. The third kappa shape index (κ3) is 1.93. The van der Waals surface area contributed by atoms with E-state index in [1.54, 1.807) is 11.8 Å². The van der Waals surface area contributed by atoms with Gasteiger partial charge >= 0.3 is 0 Å². The van der Waals surface area contributed by atoms with Gasteiger partial charge < -0.3 is 0 Å². The summed E-state index contributed by atoms with van der Waals surface area (Å²) in [5, 5.41) is -0.0297. The molecule has 0 amide bonds. The molecule has 1 fully saturated rings. The van der Waals surface area contributed by atoms with Crippen LogP contribution in [0.25, 0.3) is 0 Å². The summed E-state index contributed by atoms with van der Waals surface area (Å²) >= 11 is 1.67. The predicted octanol–water partition coefficient (Wildman–Crippen LogP) is 3.62. The Morgan fingerprint density at radius 1 is 1.29 bits per heavy atom. The third-order valence-corrected chi connectivity index (χ3v) is 4.65. The molecule has 0 saturated heterocycles. The van der Waals surface area contributed by atoms with Gasteiger partial charge in [-0.1, -0.05) is 26.0 Å². The van der Waals surface area contributed by atoms with Gasteiger partial charge in [0.2, 0.25) is 0 Å². The zero-order chi connectivity index (χ0) is 12.0. The van der Waals surface area contributed by atoms with Crippen molar-refractivity contribution in [2.45, 2.75) is 36.8 Å². The van der Waals surface area contributed by atoms with Gasteiger partial charge in [-0.15, -0.1) is 11.8 Å². The standard InChI is InChI=1S/C14H15NOS/c1-14(2)7-10-13(11(16)8-14)17-12-6-4-3-5-9(12)15-10/h3-6,13H,7-8H2,1-2H3/t13-/m1/s1. The topological polar surface area (TPSA) is 29.4 Å². The normalized spacial score (nSPS) is 25.9. The average molecular weight is 245 g/mol. The largest absolute Gasteiger partial charge is 0.298 e. The lowest BCUT2D eigenvalue weighted by Crippen LogP contribution is -2.40. The highest BCUT2D eigenvalue weighted by molar-refractivity contribution is 8.01. The number of carbonyl (C=O) groups is 1. The lowest BCUT2D eigenvalue weighted by Gasteiger charge is -2.36. The van der Waals surface area contributed by atoms with Crippen molar-refractivity contribution in [3.05, 3.63) is 24.3 Å². The first-order valence-electron chi connectivity index (χ1n) is 5.91. The van der Waals surface area contributed by atoms with Gasteiger partial charge in [0.1, 0.15) is 5.25 Å². The van der Waals surface area contributed by atoms with E-state index in [-0.39, 0.29) is 10.7 Å². The molecule has 0 radical (unpaired) electrons. The molecule has 0 aromatic heterocycles. The summed E-state index contributed by atoms with van der Waals surface area (Å²) in [5.41, 5.74) is 2.16. The highest BCUT2D eigenvalue weighted by Gasteiger charge is 2.40. The Balaban J connectivity index is 2.05. The van der Waals surface area contributed by atoms with E-state index in [9.17, 15) is 4.79 Å². The number of Topliss-reactive ketones (excluding diaryl/α,β-unsaturated/α-hetero) is 1. The van der Waals surface area contributed by atoms with E-state index in [0.717, 1.165) is 22.7 Å². The highest BCUT2D eigenvalue weighted by atomic mass is 32.2. The van der Waals surface area contributed by atoms with Gasteiger partial charge in [-0.2, -0.15) is 0 Å². The number of nitrogens with zero attached hydrogens (tertiary/aromatic N) is 1. The molecule has 1 saturated carbocycles. The lowest BCUT2D eigenvalue weighted by atomic mass is 9.75. The second-order valence-electron chi connectivity index (χ2n) is 5.55. The molecule has 3 rings (SSSR count). The van der Waals surface area contributed by atoms with Crippen LogP contribution in [0.1, 0.15) is 26.7 Å². The number of aliphatic imine (C=N–C) groups is 1. The van der Waals surface area contributed by atoms with E-state index in [2.05, 4.69) is 18.8 Å². The summed E-state index contributed by atoms with van der Waals surface area (Å²) in [5.74, 6) is 0.333. The molecule has 2 nitrogen and oxygen atoms in total. The summed E-state index contributed by atoms with van der Waals surface area (Å²) in [4.78, 5) is 18.0. The fourth-order valence-electron chi connectivity index (χ4n) is 2.56. The number of hydrogen-bond donors (Lipinski definition) is 0. The Morgan fingerprint density at radius 3 is 2.88 bits per heavy atom. The summed E-state index contributed by atoms with van der Waals surface area (Å²) in [7, 11) is 0. The molecule has 1 heterocycles. The van der Waals surface area contributed by atoms with Gasteiger partial charge in [0.05, 0.1) is 5.69 Å². The third-order valence-electron chi connectivity index (χ3n) is 3.28. The maximum Gasteiger partial charge on any atom is 0.152 e. The van der Waals surface area contributed by atoms with Crippen LogP contribution in [-0.4, -0.2) is 16.7 Å². The second kappa shape index (κ2) is 3.70. The van der Waals surface area contributed by atoms with E-state index >= 15 is 0 Å². The molecule has 0 N–H and O–H groups in total. The maximum atomic E-state index is 12.2. The number of fused-ring (bicyclic) bond motifs is 2. The zero-order valence-corrected chi connectivity index (χ0v) is 10.9. The molecule has 1 aromatic carbocycles. The van der Waals surface area contributed by atoms with Gasteiger partial charge in [0.15, 0.2) is 5.78 Å². The van der Waals surface area contributed by atoms with Crippen LogP contribution in [0.15, 0.2) is 34.2 Å². The van der Waals surface area contributed by atoms with Gasteiger partial charge in [-0.05, 0) is 24.0 Å². The van der Waals surface area contributed by atoms with Crippen LogP contribution in [-0.2, 0) is 4.79 Å². The Bertz CT molecular complexity index is 519. The van der Waals surface area contributed by atoms with E-state index in [0.29, 0.717) is 12.2 Å². The SMILES string of the molecule is CC1(C)CC(=O)[C@@H]2Sc3ccccc3N=C2C1. The van der Waals surface area contributed by atoms with Crippen molar-refractivity contribution < 1.29 is 4.79 Å². The van der Waals surface area contributed by atoms with Crippen molar-refractivity contribution in [3.8, 4) is 0 Å². The van der Waals surface area contributed by atoms with Crippen molar-refractivity contribution in [1.29, 1.82) is 0 Å². The number of rotatable bonds is 0. The van der Waals surface area contributed by atoms with Crippen LogP contribution in [0.4, 0.5) is 5.69 Å². The summed E-state index contributed by atoms with van der Waals surface area (Å²) in [6.45, 7) is 4.30. The first kappa shape index (κ1) is 11.0. The first-order valence-corrected chi connectivity index (χ1v) is 6.79. The molecule has 0 unspecified atom stereocenters. The maximum absolute atomic E-state index is 12.2. The van der Waals surface area contributed by atoms with Gasteiger partial charge in [0, 0.05) is 17.0 Å². The number of thioether (sulfide) groups is 1. The Labute approximate surface area is 106 Å². The van der Waals surface area contributed by atoms with Crippen molar-refractivity contribution in [3.63, 3.8) is 0 Å². The van der Waals surface area contributed by atoms with E-state index < -0.39 is 0 Å². The van der Waals surface area contributed by atoms with Crippen molar-refractivity contribution in [2.75, 3.05) is 0 Å². The van der Waals surface area contributed by atoms with Crippen LogP contribution in [0.2, 0.25) is 0 Å². The van der Waals surface area contributed by atoms with E-state index in [1.165, 1.54) is 0 Å².